The second kappa shape index (κ2) is 7.49. The van der Waals surface area contributed by atoms with E-state index in [0.29, 0.717) is 33.3 Å². The van der Waals surface area contributed by atoms with Gasteiger partial charge in [0.2, 0.25) is 0 Å². The number of halogens is 1. The van der Waals surface area contributed by atoms with E-state index in [1.54, 1.807) is 23.0 Å². The summed E-state index contributed by atoms with van der Waals surface area (Å²) in [6.07, 6.45) is 3.56. The topological polar surface area (TPSA) is 44.1 Å². The number of fused-ring (bicyclic) bond motifs is 1. The van der Waals surface area contributed by atoms with E-state index in [0.717, 1.165) is 26.1 Å². The van der Waals surface area contributed by atoms with Crippen molar-refractivity contribution in [3.8, 4) is 0 Å². The average Bonchev–Trinajstić information content (AvgIpc) is 2.47. The first-order valence-electron chi connectivity index (χ1n) is 6.61. The molecule has 0 amide bonds. The minimum atomic E-state index is -0.0950. The first kappa shape index (κ1) is 17.3. The molecule has 0 spiro atoms. The van der Waals surface area contributed by atoms with Gasteiger partial charge in [0, 0.05) is 24.7 Å². The van der Waals surface area contributed by atoms with E-state index in [4.69, 9.17) is 16.3 Å². The summed E-state index contributed by atoms with van der Waals surface area (Å²) in [4.78, 5) is 17.5. The summed E-state index contributed by atoms with van der Waals surface area (Å²) in [7, 11) is 0. The number of ether oxygens (including phenoxy) is 1. The van der Waals surface area contributed by atoms with Gasteiger partial charge in [-0.3, -0.25) is 9.36 Å². The Morgan fingerprint density at radius 1 is 1.38 bits per heavy atom. The van der Waals surface area contributed by atoms with E-state index in [2.05, 4.69) is 17.6 Å². The molecule has 108 valence electrons. The maximum absolute atomic E-state index is 12.5. The van der Waals surface area contributed by atoms with Crippen molar-refractivity contribution >= 4 is 64.7 Å². The molecule has 0 radical (unpaired) electrons. The first-order valence-corrected chi connectivity index (χ1v) is 7.43. The maximum atomic E-state index is 12.5. The molecule has 1 saturated heterocycles. The van der Waals surface area contributed by atoms with Crippen LogP contribution in [0.5, 0.6) is 0 Å². The van der Waals surface area contributed by atoms with Gasteiger partial charge in [-0.1, -0.05) is 11.6 Å². The monoisotopic (exact) mass is 334 g/mol. The molecule has 0 bridgehead atoms. The molecule has 0 aliphatic carbocycles. The molecule has 1 aliphatic heterocycles. The van der Waals surface area contributed by atoms with Crippen LogP contribution < -0.4 is 5.56 Å². The van der Waals surface area contributed by atoms with Gasteiger partial charge in [-0.15, -0.1) is 12.6 Å². The molecule has 0 saturated carbocycles. The van der Waals surface area contributed by atoms with Crippen LogP contribution in [0.2, 0.25) is 5.02 Å². The number of hydrogen-bond acceptors (Lipinski definition) is 4. The number of rotatable bonds is 2. The van der Waals surface area contributed by atoms with Crippen molar-refractivity contribution in [3.63, 3.8) is 0 Å². The summed E-state index contributed by atoms with van der Waals surface area (Å²) < 4.78 is 6.99. The fourth-order valence-electron chi connectivity index (χ4n) is 2.53. The van der Waals surface area contributed by atoms with E-state index in [1.807, 2.05) is 0 Å². The van der Waals surface area contributed by atoms with Gasteiger partial charge in [-0.05, 0) is 30.9 Å². The number of thiol groups is 1. The molecular formula is C14H16ClN2NaO2S. The Balaban J connectivity index is 0.00000161. The Morgan fingerprint density at radius 3 is 2.81 bits per heavy atom. The quantitative estimate of drug-likeness (QED) is 0.676. The second-order valence-electron chi connectivity index (χ2n) is 5.05. The van der Waals surface area contributed by atoms with E-state index in [1.165, 1.54) is 0 Å². The third-order valence-electron chi connectivity index (χ3n) is 3.71. The van der Waals surface area contributed by atoms with E-state index >= 15 is 0 Å². The van der Waals surface area contributed by atoms with Crippen molar-refractivity contribution in [3.05, 3.63) is 33.8 Å². The predicted octanol–water partition coefficient (Wildman–Crippen LogP) is 2.12. The van der Waals surface area contributed by atoms with Gasteiger partial charge in [0.05, 0.1) is 22.3 Å². The molecule has 0 N–H and O–H groups in total. The summed E-state index contributed by atoms with van der Waals surface area (Å²) in [6.45, 7) is 2.20. The third-order valence-corrected chi connectivity index (χ3v) is 4.60. The van der Waals surface area contributed by atoms with Crippen molar-refractivity contribution in [2.75, 3.05) is 13.2 Å². The van der Waals surface area contributed by atoms with E-state index in [-0.39, 0.29) is 35.1 Å². The molecule has 1 aromatic heterocycles. The zero-order chi connectivity index (χ0) is 14.1. The predicted molar refractivity (Wildman–Crippen MR) is 89.0 cm³/mol. The van der Waals surface area contributed by atoms with Crippen molar-refractivity contribution < 1.29 is 4.74 Å². The standard InChI is InChI=1S/C14H15ClN2O2S.Na.H/c15-13-11(20)2-1-10-12(13)14(18)17(8-16-10)7-9-3-5-19-6-4-9;;/h1-2,8-9,20H,3-7H2;;. The Labute approximate surface area is 155 Å². The molecule has 7 heteroatoms. The second-order valence-corrected chi connectivity index (χ2v) is 5.91. The molecule has 4 nitrogen and oxygen atoms in total. The number of benzene rings is 1. The fraction of sp³-hybridized carbons (Fsp3) is 0.429. The molecule has 0 unspecified atom stereocenters. The van der Waals surface area contributed by atoms with Crippen LogP contribution in [-0.4, -0.2) is 52.3 Å². The molecule has 1 aromatic carbocycles. The zero-order valence-corrected chi connectivity index (χ0v) is 12.5. The molecule has 2 heterocycles. The Hall–Kier alpha value is -0.0400. The molecular weight excluding hydrogens is 319 g/mol. The van der Waals surface area contributed by atoms with Crippen LogP contribution in [0, 0.1) is 5.92 Å². The van der Waals surface area contributed by atoms with Crippen LogP contribution in [0.3, 0.4) is 0 Å². The first-order chi connectivity index (χ1) is 9.66. The molecule has 1 aliphatic rings. The van der Waals surface area contributed by atoms with Gasteiger partial charge in [0.1, 0.15) is 0 Å². The molecule has 21 heavy (non-hydrogen) atoms. The van der Waals surface area contributed by atoms with Crippen LogP contribution >= 0.6 is 24.2 Å². The van der Waals surface area contributed by atoms with Crippen molar-refractivity contribution in [2.45, 2.75) is 24.3 Å². The van der Waals surface area contributed by atoms with Crippen molar-refractivity contribution in [2.24, 2.45) is 5.92 Å². The number of nitrogens with zero attached hydrogens (tertiary/aromatic N) is 2. The van der Waals surface area contributed by atoms with Crippen LogP contribution in [0.15, 0.2) is 28.2 Å². The molecule has 1 fully saturated rings. The fourth-order valence-corrected chi connectivity index (χ4v) is 2.96. The van der Waals surface area contributed by atoms with Gasteiger partial charge in [-0.25, -0.2) is 4.98 Å². The Bertz CT molecular complexity index is 701. The zero-order valence-electron chi connectivity index (χ0n) is 10.9. The van der Waals surface area contributed by atoms with Crippen molar-refractivity contribution in [1.82, 2.24) is 9.55 Å². The molecule has 2 aromatic rings. The normalized spacial score (nSPS) is 15.9. The SMILES string of the molecule is O=c1c2c(Cl)c(S)ccc2ncn1CC1CCOCC1.[NaH]. The van der Waals surface area contributed by atoms with Gasteiger partial charge in [0.15, 0.2) is 0 Å². The van der Waals surface area contributed by atoms with Crippen LogP contribution in [0.25, 0.3) is 10.9 Å². The summed E-state index contributed by atoms with van der Waals surface area (Å²) >= 11 is 10.5. The Kier molecular flexibility index (Phi) is 6.17. The van der Waals surface area contributed by atoms with Gasteiger partial charge < -0.3 is 4.74 Å². The van der Waals surface area contributed by atoms with E-state index < -0.39 is 0 Å². The molecule has 3 rings (SSSR count). The third kappa shape index (κ3) is 3.66. The van der Waals surface area contributed by atoms with Crippen LogP contribution in [0.4, 0.5) is 0 Å². The average molecular weight is 335 g/mol. The minimum absolute atomic E-state index is 0. The Morgan fingerprint density at radius 2 is 2.10 bits per heavy atom. The van der Waals surface area contributed by atoms with Gasteiger partial charge in [0.25, 0.3) is 5.56 Å². The van der Waals surface area contributed by atoms with Crippen molar-refractivity contribution in [1.29, 1.82) is 0 Å². The number of aromatic nitrogens is 2. The molecule has 0 atom stereocenters. The van der Waals surface area contributed by atoms with Crippen LogP contribution in [-0.2, 0) is 11.3 Å². The van der Waals surface area contributed by atoms with E-state index in [9.17, 15) is 4.79 Å². The van der Waals surface area contributed by atoms with Gasteiger partial charge in [-0.2, -0.15) is 0 Å². The summed E-state index contributed by atoms with van der Waals surface area (Å²) in [6, 6.07) is 3.52. The summed E-state index contributed by atoms with van der Waals surface area (Å²) in [5.74, 6) is 0.457. The number of hydrogen-bond donors (Lipinski definition) is 1. The summed E-state index contributed by atoms with van der Waals surface area (Å²) in [5.41, 5.74) is 0.517. The van der Waals surface area contributed by atoms with Crippen LogP contribution in [0.1, 0.15) is 12.8 Å². The summed E-state index contributed by atoms with van der Waals surface area (Å²) in [5, 5.41) is 0.832. The van der Waals surface area contributed by atoms with Gasteiger partial charge >= 0.3 is 29.6 Å².